The number of likely N-dealkylation sites (tertiary alicyclic amines) is 1. The average Bonchev–Trinajstić information content (AvgIpc) is 2.67. The molecule has 8 heteroatoms. The summed E-state index contributed by atoms with van der Waals surface area (Å²) in [7, 11) is 0. The predicted molar refractivity (Wildman–Crippen MR) is 94.1 cm³/mol. The van der Waals surface area contributed by atoms with E-state index in [2.05, 4.69) is 5.32 Å². The summed E-state index contributed by atoms with van der Waals surface area (Å²) in [6.07, 6.45) is 0. The Labute approximate surface area is 155 Å². The average molecular weight is 370 g/mol. The van der Waals surface area contributed by atoms with Crippen molar-refractivity contribution in [2.75, 3.05) is 13.2 Å². The highest BCUT2D eigenvalue weighted by Gasteiger charge is 2.44. The Morgan fingerprint density at radius 2 is 1.81 bits per heavy atom. The minimum absolute atomic E-state index is 0.00128. The van der Waals surface area contributed by atoms with Gasteiger partial charge < -0.3 is 25.2 Å². The van der Waals surface area contributed by atoms with E-state index in [9.17, 15) is 24.6 Å². The van der Waals surface area contributed by atoms with Crippen molar-refractivity contribution in [1.82, 2.24) is 10.2 Å². The third-order valence-corrected chi connectivity index (χ3v) is 4.16. The van der Waals surface area contributed by atoms with Crippen LogP contribution >= 0.6 is 0 Å². The van der Waals surface area contributed by atoms with Crippen molar-refractivity contribution in [2.45, 2.75) is 12.1 Å². The van der Waals surface area contributed by atoms with Crippen LogP contribution < -0.4 is 10.1 Å². The van der Waals surface area contributed by atoms with Crippen LogP contribution in [0.3, 0.4) is 0 Å². The Balaban J connectivity index is 1.56. The van der Waals surface area contributed by atoms with Crippen LogP contribution in [0.25, 0.3) is 0 Å². The number of nitrogens with one attached hydrogen (secondary N) is 1. The second-order valence-electron chi connectivity index (χ2n) is 6.04. The highest BCUT2D eigenvalue weighted by atomic mass is 16.5. The molecule has 1 aliphatic heterocycles. The van der Waals surface area contributed by atoms with Crippen LogP contribution in [0.15, 0.2) is 54.6 Å². The van der Waals surface area contributed by atoms with E-state index in [0.717, 1.165) is 4.90 Å². The van der Waals surface area contributed by atoms with Crippen LogP contribution in [0, 0.1) is 0 Å². The first-order valence-corrected chi connectivity index (χ1v) is 8.25. The van der Waals surface area contributed by atoms with E-state index in [1.807, 2.05) is 6.07 Å². The number of rotatable bonds is 7. The summed E-state index contributed by atoms with van der Waals surface area (Å²) < 4.78 is 5.31. The number of carboxylic acids is 1. The van der Waals surface area contributed by atoms with Gasteiger partial charge in [-0.1, -0.05) is 30.3 Å². The SMILES string of the molecule is O=C(COc1ccccc1)NC1CN(C(C(=O)O)c2ccc(O)cc2)C1=O. The lowest BCUT2D eigenvalue weighted by Gasteiger charge is -2.42. The molecule has 140 valence electrons. The third-order valence-electron chi connectivity index (χ3n) is 4.16. The van der Waals surface area contributed by atoms with Gasteiger partial charge in [-0.15, -0.1) is 0 Å². The quantitative estimate of drug-likeness (QED) is 0.624. The standard InChI is InChI=1S/C19H18N2O6/c22-13-8-6-12(7-9-13)17(19(25)26)21-10-15(18(21)24)20-16(23)11-27-14-4-2-1-3-5-14/h1-9,15,17,22H,10-11H2,(H,20,23)(H,25,26). The maximum Gasteiger partial charge on any atom is 0.331 e. The van der Waals surface area contributed by atoms with E-state index in [1.165, 1.54) is 24.3 Å². The molecule has 2 aromatic carbocycles. The number of aromatic hydroxyl groups is 1. The lowest BCUT2D eigenvalue weighted by molar-refractivity contribution is -0.160. The molecule has 0 aromatic heterocycles. The fraction of sp³-hybridized carbons (Fsp3) is 0.211. The summed E-state index contributed by atoms with van der Waals surface area (Å²) in [6.45, 7) is -0.165. The fourth-order valence-electron chi connectivity index (χ4n) is 2.81. The van der Waals surface area contributed by atoms with Crippen molar-refractivity contribution >= 4 is 17.8 Å². The molecular weight excluding hydrogens is 352 g/mol. The Morgan fingerprint density at radius 3 is 2.41 bits per heavy atom. The predicted octanol–water partition coefficient (Wildman–Crippen LogP) is 0.924. The summed E-state index contributed by atoms with van der Waals surface area (Å²) in [6, 6.07) is 12.4. The molecule has 0 spiro atoms. The number of phenolic OH excluding ortho intramolecular Hbond substituents is 1. The number of aliphatic carboxylic acids is 1. The molecule has 27 heavy (non-hydrogen) atoms. The largest absolute Gasteiger partial charge is 0.508 e. The summed E-state index contributed by atoms with van der Waals surface area (Å²) in [4.78, 5) is 37.0. The van der Waals surface area contributed by atoms with Gasteiger partial charge in [0.25, 0.3) is 5.91 Å². The number of para-hydroxylation sites is 1. The van der Waals surface area contributed by atoms with Gasteiger partial charge in [-0.25, -0.2) is 4.79 Å². The van der Waals surface area contributed by atoms with Crippen LogP contribution in [-0.2, 0) is 14.4 Å². The molecule has 1 fully saturated rings. The maximum atomic E-state index is 12.3. The van der Waals surface area contributed by atoms with Crippen molar-refractivity contribution in [2.24, 2.45) is 0 Å². The fourth-order valence-corrected chi connectivity index (χ4v) is 2.81. The number of amides is 2. The lowest BCUT2D eigenvalue weighted by Crippen LogP contribution is -2.65. The highest BCUT2D eigenvalue weighted by Crippen LogP contribution is 2.28. The van der Waals surface area contributed by atoms with E-state index >= 15 is 0 Å². The number of carbonyl (C=O) groups is 3. The van der Waals surface area contributed by atoms with Gasteiger partial charge in [0.1, 0.15) is 17.5 Å². The van der Waals surface area contributed by atoms with Crippen LogP contribution in [0.1, 0.15) is 11.6 Å². The van der Waals surface area contributed by atoms with Gasteiger partial charge in [-0.3, -0.25) is 9.59 Å². The van der Waals surface area contributed by atoms with Gasteiger partial charge >= 0.3 is 5.97 Å². The molecule has 2 atom stereocenters. The maximum absolute atomic E-state index is 12.3. The minimum atomic E-state index is -1.19. The normalized spacial score (nSPS) is 17.0. The molecule has 3 rings (SSSR count). The van der Waals surface area contributed by atoms with E-state index in [1.54, 1.807) is 24.3 Å². The number of carboxylic acid groups (broad SMARTS) is 1. The third kappa shape index (κ3) is 4.17. The van der Waals surface area contributed by atoms with Gasteiger partial charge in [0.2, 0.25) is 5.91 Å². The second-order valence-corrected chi connectivity index (χ2v) is 6.04. The Morgan fingerprint density at radius 1 is 1.15 bits per heavy atom. The summed E-state index contributed by atoms with van der Waals surface area (Å²) in [5.74, 6) is -1.60. The van der Waals surface area contributed by atoms with Crippen molar-refractivity contribution < 1.29 is 29.3 Å². The number of phenols is 1. The molecule has 0 saturated carbocycles. The zero-order valence-corrected chi connectivity index (χ0v) is 14.2. The second kappa shape index (κ2) is 7.77. The summed E-state index contributed by atoms with van der Waals surface area (Å²) >= 11 is 0. The van der Waals surface area contributed by atoms with Crippen molar-refractivity contribution in [1.29, 1.82) is 0 Å². The highest BCUT2D eigenvalue weighted by molar-refractivity contribution is 5.95. The van der Waals surface area contributed by atoms with Crippen LogP contribution in [0.2, 0.25) is 0 Å². The minimum Gasteiger partial charge on any atom is -0.508 e. The molecule has 3 N–H and O–H groups in total. The lowest BCUT2D eigenvalue weighted by atomic mass is 9.98. The first-order chi connectivity index (χ1) is 13.0. The Bertz CT molecular complexity index is 837. The van der Waals surface area contributed by atoms with Crippen molar-refractivity contribution in [3.8, 4) is 11.5 Å². The zero-order valence-electron chi connectivity index (χ0n) is 14.2. The molecule has 1 saturated heterocycles. The molecule has 2 amide bonds. The molecule has 8 nitrogen and oxygen atoms in total. The summed E-state index contributed by atoms with van der Waals surface area (Å²) in [5.41, 5.74) is 0.367. The summed E-state index contributed by atoms with van der Waals surface area (Å²) in [5, 5.41) is 21.3. The van der Waals surface area contributed by atoms with Crippen molar-refractivity contribution in [3.63, 3.8) is 0 Å². The van der Waals surface area contributed by atoms with E-state index in [4.69, 9.17) is 4.74 Å². The number of hydrogen-bond donors (Lipinski definition) is 3. The van der Waals surface area contributed by atoms with Crippen LogP contribution in [0.4, 0.5) is 0 Å². The number of ether oxygens (including phenoxy) is 1. The molecule has 0 radical (unpaired) electrons. The van der Waals surface area contributed by atoms with Gasteiger partial charge in [0, 0.05) is 0 Å². The van der Waals surface area contributed by atoms with E-state index in [-0.39, 0.29) is 18.9 Å². The smallest absolute Gasteiger partial charge is 0.331 e. The first kappa shape index (κ1) is 18.2. The van der Waals surface area contributed by atoms with Gasteiger partial charge in [0.05, 0.1) is 6.54 Å². The topological polar surface area (TPSA) is 116 Å². The molecule has 2 unspecified atom stereocenters. The van der Waals surface area contributed by atoms with E-state index < -0.39 is 29.9 Å². The van der Waals surface area contributed by atoms with Gasteiger partial charge in [0.15, 0.2) is 12.6 Å². The number of carbonyl (C=O) groups excluding carboxylic acids is 2. The van der Waals surface area contributed by atoms with Gasteiger partial charge in [-0.05, 0) is 29.8 Å². The number of β-lactam (4-membered cyclic amide) rings is 1. The Kier molecular flexibility index (Phi) is 5.25. The van der Waals surface area contributed by atoms with Gasteiger partial charge in [-0.2, -0.15) is 0 Å². The molecule has 1 aliphatic rings. The molecule has 2 aromatic rings. The zero-order chi connectivity index (χ0) is 19.4. The molecule has 0 aliphatic carbocycles. The number of hydrogen-bond acceptors (Lipinski definition) is 5. The molecule has 0 bridgehead atoms. The monoisotopic (exact) mass is 370 g/mol. The molecule has 1 heterocycles. The number of benzene rings is 2. The Hall–Kier alpha value is -3.55. The van der Waals surface area contributed by atoms with Crippen LogP contribution in [-0.4, -0.2) is 52.1 Å². The van der Waals surface area contributed by atoms with E-state index in [0.29, 0.717) is 11.3 Å². The van der Waals surface area contributed by atoms with Crippen molar-refractivity contribution in [3.05, 3.63) is 60.2 Å². The first-order valence-electron chi connectivity index (χ1n) is 8.25. The number of nitrogens with zero attached hydrogens (tertiary/aromatic N) is 1. The van der Waals surface area contributed by atoms with Crippen LogP contribution in [0.5, 0.6) is 11.5 Å². The molecular formula is C19H18N2O6.